The van der Waals surface area contributed by atoms with E-state index in [1.807, 2.05) is 6.20 Å². The van der Waals surface area contributed by atoms with E-state index in [1.165, 1.54) is 4.68 Å². The summed E-state index contributed by atoms with van der Waals surface area (Å²) in [5.74, 6) is -0.106. The van der Waals surface area contributed by atoms with Crippen molar-refractivity contribution in [2.45, 2.75) is 20.0 Å². The second kappa shape index (κ2) is 6.21. The predicted octanol–water partition coefficient (Wildman–Crippen LogP) is 1.62. The number of carbonyl (C=O) groups is 1. The molecule has 102 valence electrons. The third kappa shape index (κ3) is 4.07. The summed E-state index contributed by atoms with van der Waals surface area (Å²) in [6.07, 6.45) is 5.19. The van der Waals surface area contributed by atoms with Crippen LogP contribution in [0.15, 0.2) is 23.1 Å². The number of aryl methyl sites for hydroxylation is 1. The van der Waals surface area contributed by atoms with Gasteiger partial charge in [0.2, 0.25) is 5.91 Å². The van der Waals surface area contributed by atoms with Crippen LogP contribution in [-0.4, -0.2) is 32.0 Å². The molecule has 2 heterocycles. The molecule has 0 atom stereocenters. The third-order valence-corrected chi connectivity index (χ3v) is 3.24. The Labute approximate surface area is 123 Å². The summed E-state index contributed by atoms with van der Waals surface area (Å²) in [4.78, 5) is 11.7. The van der Waals surface area contributed by atoms with Crippen LogP contribution in [0, 0.1) is 6.92 Å². The van der Waals surface area contributed by atoms with Crippen molar-refractivity contribution in [3.8, 4) is 0 Å². The van der Waals surface area contributed by atoms with Crippen molar-refractivity contribution in [1.29, 1.82) is 0 Å². The monoisotopic (exact) mass is 345 g/mol. The minimum atomic E-state index is -0.106. The Balaban J connectivity index is 1.75. The number of amides is 1. The number of rotatable bonds is 5. The van der Waals surface area contributed by atoms with Crippen molar-refractivity contribution in [1.82, 2.24) is 24.9 Å². The molecule has 0 aliphatic rings. The first-order valence-corrected chi connectivity index (χ1v) is 6.86. The number of hydrogen-bond acceptors (Lipinski definition) is 3. The number of carbonyl (C=O) groups excluding carboxylic acids is 1. The molecule has 0 aliphatic carbocycles. The lowest BCUT2D eigenvalue weighted by Crippen LogP contribution is -2.30. The molecule has 2 aromatic rings. The average Bonchev–Trinajstić information content (AvgIpc) is 2.86. The molecule has 1 amide bonds. The first-order chi connectivity index (χ1) is 9.04. The molecule has 0 radical (unpaired) electrons. The summed E-state index contributed by atoms with van der Waals surface area (Å²) >= 11 is 9.18. The zero-order chi connectivity index (χ0) is 13.8. The highest BCUT2D eigenvalue weighted by atomic mass is 79.9. The molecule has 8 heteroatoms. The van der Waals surface area contributed by atoms with E-state index in [0.717, 1.165) is 10.2 Å². The molecule has 0 fully saturated rings. The zero-order valence-corrected chi connectivity index (χ0v) is 12.6. The maximum atomic E-state index is 11.7. The lowest BCUT2D eigenvalue weighted by molar-refractivity contribution is -0.121. The van der Waals surface area contributed by atoms with Gasteiger partial charge in [-0.1, -0.05) is 11.6 Å². The molecule has 0 aromatic carbocycles. The molecule has 2 rings (SSSR count). The zero-order valence-electron chi connectivity index (χ0n) is 10.3. The van der Waals surface area contributed by atoms with Crippen molar-refractivity contribution in [2.75, 3.05) is 6.54 Å². The molecular weight excluding hydrogens is 334 g/mol. The average molecular weight is 347 g/mol. The Bertz CT molecular complexity index is 560. The summed E-state index contributed by atoms with van der Waals surface area (Å²) in [6, 6.07) is 0. The third-order valence-electron chi connectivity index (χ3n) is 2.46. The highest BCUT2D eigenvalue weighted by Gasteiger charge is 2.06. The second-order valence-corrected chi connectivity index (χ2v) is 5.35. The fourth-order valence-corrected chi connectivity index (χ4v) is 2.03. The second-order valence-electron chi connectivity index (χ2n) is 4.03. The number of halogens is 2. The minimum absolute atomic E-state index is 0.106. The van der Waals surface area contributed by atoms with Crippen molar-refractivity contribution in [3.05, 3.63) is 33.8 Å². The molecule has 6 nitrogen and oxygen atoms in total. The summed E-state index contributed by atoms with van der Waals surface area (Å²) in [5, 5.41) is 11.6. The van der Waals surface area contributed by atoms with Crippen LogP contribution in [0.4, 0.5) is 0 Å². The van der Waals surface area contributed by atoms with E-state index in [1.54, 1.807) is 24.0 Å². The normalized spacial score (nSPS) is 10.7. The SMILES string of the molecule is Cc1nn(CC(=O)NCCn2cc(Br)cn2)cc1Cl. The summed E-state index contributed by atoms with van der Waals surface area (Å²) in [5.41, 5.74) is 0.718. The van der Waals surface area contributed by atoms with Gasteiger partial charge in [-0.2, -0.15) is 10.2 Å². The van der Waals surface area contributed by atoms with Gasteiger partial charge >= 0.3 is 0 Å². The smallest absolute Gasteiger partial charge is 0.241 e. The first kappa shape index (κ1) is 14.1. The highest BCUT2D eigenvalue weighted by Crippen LogP contribution is 2.11. The van der Waals surface area contributed by atoms with Gasteiger partial charge in [0.25, 0.3) is 0 Å². The van der Waals surface area contributed by atoms with E-state index < -0.39 is 0 Å². The van der Waals surface area contributed by atoms with Crippen LogP contribution < -0.4 is 5.32 Å². The van der Waals surface area contributed by atoms with Gasteiger partial charge in [-0.05, 0) is 22.9 Å². The van der Waals surface area contributed by atoms with Gasteiger partial charge in [-0.15, -0.1) is 0 Å². The van der Waals surface area contributed by atoms with Crippen molar-refractivity contribution < 1.29 is 4.79 Å². The molecule has 0 bridgehead atoms. The molecule has 19 heavy (non-hydrogen) atoms. The van der Waals surface area contributed by atoms with Crippen molar-refractivity contribution >= 4 is 33.4 Å². The maximum Gasteiger partial charge on any atom is 0.241 e. The number of nitrogens with zero attached hydrogens (tertiary/aromatic N) is 4. The van der Waals surface area contributed by atoms with Gasteiger partial charge in [0.15, 0.2) is 0 Å². The Morgan fingerprint density at radius 3 is 2.84 bits per heavy atom. The Morgan fingerprint density at radius 2 is 2.26 bits per heavy atom. The number of aromatic nitrogens is 4. The molecule has 2 aromatic heterocycles. The van der Waals surface area contributed by atoms with E-state index in [2.05, 4.69) is 31.4 Å². The number of nitrogens with one attached hydrogen (secondary N) is 1. The van der Waals surface area contributed by atoms with Crippen LogP contribution in [0.3, 0.4) is 0 Å². The lowest BCUT2D eigenvalue weighted by atomic mass is 10.5. The van der Waals surface area contributed by atoms with Crippen LogP contribution in [-0.2, 0) is 17.9 Å². The standard InChI is InChI=1S/C11H13BrClN5O/c1-8-10(13)6-18(16-8)7-11(19)14-2-3-17-5-9(12)4-15-17/h4-6H,2-3,7H2,1H3,(H,14,19). The highest BCUT2D eigenvalue weighted by molar-refractivity contribution is 9.10. The largest absolute Gasteiger partial charge is 0.353 e. The van der Waals surface area contributed by atoms with E-state index in [4.69, 9.17) is 11.6 Å². The quantitative estimate of drug-likeness (QED) is 0.895. The van der Waals surface area contributed by atoms with Crippen LogP contribution >= 0.6 is 27.5 Å². The minimum Gasteiger partial charge on any atom is -0.353 e. The van der Waals surface area contributed by atoms with E-state index in [-0.39, 0.29) is 12.5 Å². The van der Waals surface area contributed by atoms with Gasteiger partial charge in [0.05, 0.1) is 27.9 Å². The number of hydrogen-bond donors (Lipinski definition) is 1. The van der Waals surface area contributed by atoms with Crippen LogP contribution in [0.5, 0.6) is 0 Å². The molecule has 0 saturated heterocycles. The van der Waals surface area contributed by atoms with Gasteiger partial charge in [-0.3, -0.25) is 14.2 Å². The van der Waals surface area contributed by atoms with Crippen LogP contribution in [0.25, 0.3) is 0 Å². The Morgan fingerprint density at radius 1 is 1.47 bits per heavy atom. The Kier molecular flexibility index (Phi) is 4.60. The van der Waals surface area contributed by atoms with E-state index in [0.29, 0.717) is 18.1 Å². The summed E-state index contributed by atoms with van der Waals surface area (Å²) < 4.78 is 4.19. The molecule has 1 N–H and O–H groups in total. The topological polar surface area (TPSA) is 64.7 Å². The molecular formula is C11H13BrClN5O. The van der Waals surface area contributed by atoms with Crippen LogP contribution in [0.2, 0.25) is 5.02 Å². The molecule has 0 spiro atoms. The summed E-state index contributed by atoms with van der Waals surface area (Å²) in [7, 11) is 0. The fraction of sp³-hybridized carbons (Fsp3) is 0.364. The fourth-order valence-electron chi connectivity index (χ4n) is 1.55. The van der Waals surface area contributed by atoms with E-state index in [9.17, 15) is 4.79 Å². The predicted molar refractivity (Wildman–Crippen MR) is 74.9 cm³/mol. The van der Waals surface area contributed by atoms with E-state index >= 15 is 0 Å². The van der Waals surface area contributed by atoms with Gasteiger partial charge in [-0.25, -0.2) is 0 Å². The first-order valence-electron chi connectivity index (χ1n) is 5.69. The lowest BCUT2D eigenvalue weighted by Gasteiger charge is -2.05. The van der Waals surface area contributed by atoms with Crippen molar-refractivity contribution in [2.24, 2.45) is 0 Å². The molecule has 0 aliphatic heterocycles. The maximum absolute atomic E-state index is 11.7. The van der Waals surface area contributed by atoms with Gasteiger partial charge < -0.3 is 5.32 Å². The summed E-state index contributed by atoms with van der Waals surface area (Å²) in [6.45, 7) is 3.10. The van der Waals surface area contributed by atoms with Gasteiger partial charge in [0, 0.05) is 18.9 Å². The van der Waals surface area contributed by atoms with Crippen molar-refractivity contribution in [3.63, 3.8) is 0 Å². The Hall–Kier alpha value is -1.34. The van der Waals surface area contributed by atoms with Crippen LogP contribution in [0.1, 0.15) is 5.69 Å². The molecule has 0 unspecified atom stereocenters. The van der Waals surface area contributed by atoms with Gasteiger partial charge in [0.1, 0.15) is 6.54 Å². The molecule has 0 saturated carbocycles.